The van der Waals surface area contributed by atoms with Gasteiger partial charge in [-0.25, -0.2) is 0 Å². The molecule has 1 heterocycles. The second kappa shape index (κ2) is 6.02. The molecule has 1 aromatic carbocycles. The molecule has 1 N–H and O–H groups in total. The van der Waals surface area contributed by atoms with Crippen molar-refractivity contribution in [1.29, 1.82) is 0 Å². The Labute approximate surface area is 97.9 Å². The zero-order valence-electron chi connectivity index (χ0n) is 9.81. The van der Waals surface area contributed by atoms with E-state index in [2.05, 4.69) is 35.2 Å². The molecule has 0 amide bonds. The van der Waals surface area contributed by atoms with Crippen LogP contribution in [0.3, 0.4) is 0 Å². The molecule has 1 unspecified atom stereocenters. The van der Waals surface area contributed by atoms with Gasteiger partial charge in [-0.1, -0.05) is 30.3 Å². The van der Waals surface area contributed by atoms with Crippen LogP contribution < -0.4 is 0 Å². The maximum atomic E-state index is 9.21. The largest absolute Gasteiger partial charge is 0.395 e. The highest BCUT2D eigenvalue weighted by Crippen LogP contribution is 2.17. The third-order valence-corrected chi connectivity index (χ3v) is 3.46. The van der Waals surface area contributed by atoms with E-state index < -0.39 is 0 Å². The monoisotopic (exact) mass is 219 g/mol. The highest BCUT2D eigenvalue weighted by atomic mass is 16.3. The summed E-state index contributed by atoms with van der Waals surface area (Å²) in [7, 11) is 0. The lowest BCUT2D eigenvalue weighted by atomic mass is 10.1. The van der Waals surface area contributed by atoms with Gasteiger partial charge >= 0.3 is 0 Å². The minimum absolute atomic E-state index is 0.325. The van der Waals surface area contributed by atoms with Gasteiger partial charge in [0, 0.05) is 6.04 Å². The topological polar surface area (TPSA) is 23.5 Å². The van der Waals surface area contributed by atoms with Crippen molar-refractivity contribution in [1.82, 2.24) is 4.90 Å². The second-order valence-electron chi connectivity index (χ2n) is 4.60. The summed E-state index contributed by atoms with van der Waals surface area (Å²) < 4.78 is 0. The van der Waals surface area contributed by atoms with E-state index in [1.807, 2.05) is 0 Å². The molecule has 0 aromatic heterocycles. The molecule has 1 atom stereocenters. The molecule has 2 rings (SSSR count). The lowest BCUT2D eigenvalue weighted by molar-refractivity contribution is 0.158. The summed E-state index contributed by atoms with van der Waals surface area (Å²) in [5, 5.41) is 9.21. The van der Waals surface area contributed by atoms with Crippen LogP contribution in [0.15, 0.2) is 30.3 Å². The van der Waals surface area contributed by atoms with Crippen molar-refractivity contribution in [2.45, 2.75) is 31.7 Å². The molecule has 0 spiro atoms. The third kappa shape index (κ3) is 3.06. The second-order valence-corrected chi connectivity index (χ2v) is 4.60. The Morgan fingerprint density at radius 1 is 1.25 bits per heavy atom. The van der Waals surface area contributed by atoms with Crippen molar-refractivity contribution in [3.63, 3.8) is 0 Å². The molecule has 1 aliphatic rings. The molecule has 1 aliphatic heterocycles. The van der Waals surface area contributed by atoms with Crippen LogP contribution in [0.2, 0.25) is 0 Å². The molecule has 16 heavy (non-hydrogen) atoms. The van der Waals surface area contributed by atoms with Gasteiger partial charge in [-0.15, -0.1) is 0 Å². The Balaban J connectivity index is 1.72. The normalized spacial score (nSPS) is 21.4. The number of benzene rings is 1. The predicted octanol–water partition coefficient (Wildman–Crippen LogP) is 2.08. The van der Waals surface area contributed by atoms with Crippen LogP contribution in [0.5, 0.6) is 0 Å². The molecule has 1 aromatic rings. The number of hydrogen-bond donors (Lipinski definition) is 1. The zero-order valence-corrected chi connectivity index (χ0v) is 9.81. The summed E-state index contributed by atoms with van der Waals surface area (Å²) in [6, 6.07) is 11.1. The van der Waals surface area contributed by atoms with Crippen LogP contribution >= 0.6 is 0 Å². The molecule has 0 radical (unpaired) electrons. The summed E-state index contributed by atoms with van der Waals surface area (Å²) >= 11 is 0. The first-order valence-corrected chi connectivity index (χ1v) is 6.29. The van der Waals surface area contributed by atoms with Gasteiger partial charge < -0.3 is 5.11 Å². The fourth-order valence-electron chi connectivity index (χ4n) is 2.53. The molecule has 1 fully saturated rings. The fourth-order valence-corrected chi connectivity index (χ4v) is 2.53. The first kappa shape index (κ1) is 11.6. The first-order valence-electron chi connectivity index (χ1n) is 6.29. The lowest BCUT2D eigenvalue weighted by Gasteiger charge is -2.22. The smallest absolute Gasteiger partial charge is 0.0586 e. The van der Waals surface area contributed by atoms with E-state index in [0.29, 0.717) is 12.6 Å². The quantitative estimate of drug-likeness (QED) is 0.819. The Hall–Kier alpha value is -0.860. The zero-order chi connectivity index (χ0) is 11.2. The highest BCUT2D eigenvalue weighted by molar-refractivity contribution is 5.14. The van der Waals surface area contributed by atoms with Crippen LogP contribution in [0, 0.1) is 0 Å². The average Bonchev–Trinajstić information content (AvgIpc) is 2.78. The van der Waals surface area contributed by atoms with Gasteiger partial charge in [-0.3, -0.25) is 4.90 Å². The SMILES string of the molecule is OCC1CCCN1CCCc1ccccc1. The van der Waals surface area contributed by atoms with E-state index in [4.69, 9.17) is 0 Å². The van der Waals surface area contributed by atoms with E-state index in [9.17, 15) is 5.11 Å². The van der Waals surface area contributed by atoms with Crippen molar-refractivity contribution < 1.29 is 5.11 Å². The van der Waals surface area contributed by atoms with Crippen molar-refractivity contribution in [2.75, 3.05) is 19.7 Å². The van der Waals surface area contributed by atoms with Gasteiger partial charge in [-0.2, -0.15) is 0 Å². The maximum Gasteiger partial charge on any atom is 0.0586 e. The summed E-state index contributed by atoms with van der Waals surface area (Å²) in [4.78, 5) is 2.43. The fraction of sp³-hybridized carbons (Fsp3) is 0.571. The molecular formula is C14H21NO. The number of hydrogen-bond acceptors (Lipinski definition) is 2. The predicted molar refractivity (Wildman–Crippen MR) is 66.4 cm³/mol. The summed E-state index contributed by atoms with van der Waals surface area (Å²) in [5.41, 5.74) is 1.42. The van der Waals surface area contributed by atoms with Crippen LogP contribution in [0.4, 0.5) is 0 Å². The van der Waals surface area contributed by atoms with Gasteiger partial charge in [0.15, 0.2) is 0 Å². The summed E-state index contributed by atoms with van der Waals surface area (Å²) in [6.07, 6.45) is 4.76. The molecular weight excluding hydrogens is 198 g/mol. The summed E-state index contributed by atoms with van der Waals surface area (Å²) in [5.74, 6) is 0. The molecule has 2 nitrogen and oxygen atoms in total. The van der Waals surface area contributed by atoms with Crippen LogP contribution in [0.25, 0.3) is 0 Å². The van der Waals surface area contributed by atoms with E-state index in [1.165, 1.54) is 31.4 Å². The molecule has 2 heteroatoms. The van der Waals surface area contributed by atoms with Crippen molar-refractivity contribution in [3.05, 3.63) is 35.9 Å². The van der Waals surface area contributed by atoms with E-state index in [-0.39, 0.29) is 0 Å². The molecule has 0 saturated carbocycles. The highest BCUT2D eigenvalue weighted by Gasteiger charge is 2.22. The van der Waals surface area contributed by atoms with E-state index in [1.54, 1.807) is 0 Å². The van der Waals surface area contributed by atoms with Crippen LogP contribution in [-0.2, 0) is 6.42 Å². The Morgan fingerprint density at radius 3 is 2.81 bits per heavy atom. The van der Waals surface area contributed by atoms with Gasteiger partial charge in [0.25, 0.3) is 0 Å². The number of aliphatic hydroxyl groups is 1. The van der Waals surface area contributed by atoms with Crippen molar-refractivity contribution >= 4 is 0 Å². The van der Waals surface area contributed by atoms with Crippen LogP contribution in [-0.4, -0.2) is 35.7 Å². The average molecular weight is 219 g/mol. The van der Waals surface area contributed by atoms with E-state index >= 15 is 0 Å². The third-order valence-electron chi connectivity index (χ3n) is 3.46. The lowest BCUT2D eigenvalue weighted by Crippen LogP contribution is -2.33. The molecule has 0 aliphatic carbocycles. The number of aryl methyl sites for hydroxylation is 1. The summed E-state index contributed by atoms with van der Waals surface area (Å²) in [6.45, 7) is 2.62. The van der Waals surface area contributed by atoms with Gasteiger partial charge in [-0.05, 0) is 44.3 Å². The Morgan fingerprint density at radius 2 is 2.06 bits per heavy atom. The van der Waals surface area contributed by atoms with E-state index in [0.717, 1.165) is 13.0 Å². The van der Waals surface area contributed by atoms with Crippen LogP contribution in [0.1, 0.15) is 24.8 Å². The van der Waals surface area contributed by atoms with Gasteiger partial charge in [0.1, 0.15) is 0 Å². The minimum atomic E-state index is 0.325. The Bertz CT molecular complexity index is 299. The molecule has 88 valence electrons. The first-order chi connectivity index (χ1) is 7.90. The number of likely N-dealkylation sites (tertiary alicyclic amines) is 1. The number of nitrogens with zero attached hydrogens (tertiary/aromatic N) is 1. The number of aliphatic hydroxyl groups excluding tert-OH is 1. The molecule has 0 bridgehead atoms. The Kier molecular flexibility index (Phi) is 4.37. The molecule has 1 saturated heterocycles. The minimum Gasteiger partial charge on any atom is -0.395 e. The standard InChI is InChI=1S/C14H21NO/c16-12-14-9-5-11-15(14)10-4-8-13-6-2-1-3-7-13/h1-3,6-7,14,16H,4-5,8-12H2. The van der Waals surface area contributed by atoms with Crippen molar-refractivity contribution in [3.8, 4) is 0 Å². The maximum absolute atomic E-state index is 9.21. The van der Waals surface area contributed by atoms with Gasteiger partial charge in [0.05, 0.1) is 6.61 Å². The number of rotatable bonds is 5. The van der Waals surface area contributed by atoms with Crippen molar-refractivity contribution in [2.24, 2.45) is 0 Å². The van der Waals surface area contributed by atoms with Gasteiger partial charge in [0.2, 0.25) is 0 Å².